The first-order chi connectivity index (χ1) is 9.03. The van der Waals surface area contributed by atoms with Gasteiger partial charge in [-0.3, -0.25) is 0 Å². The van der Waals surface area contributed by atoms with Gasteiger partial charge in [0.2, 0.25) is 0 Å². The lowest BCUT2D eigenvalue weighted by Crippen LogP contribution is -2.56. The van der Waals surface area contributed by atoms with Crippen LogP contribution in [0.2, 0.25) is 0 Å². The molecule has 2 aliphatic rings. The predicted molar refractivity (Wildman–Crippen MR) is 66.4 cm³/mol. The zero-order valence-electron chi connectivity index (χ0n) is 11.2. The molecule has 4 atom stereocenters. The Bertz CT molecular complexity index is 359. The van der Waals surface area contributed by atoms with E-state index in [0.717, 1.165) is 0 Å². The number of nitrogens with zero attached hydrogens (tertiary/aromatic N) is 3. The number of rotatable bonds is 5. The van der Waals surface area contributed by atoms with Gasteiger partial charge in [-0.05, 0) is 19.4 Å². The van der Waals surface area contributed by atoms with E-state index >= 15 is 0 Å². The summed E-state index contributed by atoms with van der Waals surface area (Å²) in [6.07, 6.45) is -0.606. The first-order valence-electron chi connectivity index (χ1n) is 6.35. The summed E-state index contributed by atoms with van der Waals surface area (Å²) in [6.45, 7) is 5.17. The first-order valence-corrected chi connectivity index (χ1v) is 6.35. The second-order valence-corrected chi connectivity index (χ2v) is 5.13. The molecule has 2 fully saturated rings. The van der Waals surface area contributed by atoms with Crippen LogP contribution in [0.25, 0.3) is 10.4 Å². The van der Waals surface area contributed by atoms with E-state index in [1.54, 1.807) is 0 Å². The summed E-state index contributed by atoms with van der Waals surface area (Å²) in [7, 11) is 0. The van der Waals surface area contributed by atoms with Crippen LogP contribution in [0.1, 0.15) is 13.8 Å². The number of ether oxygens (including phenoxy) is 4. The fourth-order valence-corrected chi connectivity index (χ4v) is 2.35. The van der Waals surface area contributed by atoms with E-state index in [2.05, 4.69) is 10.0 Å². The molecule has 0 bridgehead atoms. The standard InChI is InChI=1S/C11H20N4O4/c1-11(2)18-9-7(12)5-17-8(10(9)19-11)6-16-4-3-14-15-13/h7-10H,3-6,12H2,1-2H3/t7-,8-,9-,10+/m1/s1. The molecule has 108 valence electrons. The van der Waals surface area contributed by atoms with E-state index in [1.165, 1.54) is 0 Å². The monoisotopic (exact) mass is 272 g/mol. The molecule has 2 heterocycles. The Morgan fingerprint density at radius 1 is 1.42 bits per heavy atom. The highest BCUT2D eigenvalue weighted by molar-refractivity contribution is 4.96. The van der Waals surface area contributed by atoms with Gasteiger partial charge in [0.05, 0.1) is 25.9 Å². The quantitative estimate of drug-likeness (QED) is 0.340. The highest BCUT2D eigenvalue weighted by Crippen LogP contribution is 2.34. The van der Waals surface area contributed by atoms with Crippen LogP contribution in [0.5, 0.6) is 0 Å². The Balaban J connectivity index is 1.85. The molecule has 8 nitrogen and oxygen atoms in total. The van der Waals surface area contributed by atoms with Gasteiger partial charge in [-0.15, -0.1) is 0 Å². The highest BCUT2D eigenvalue weighted by atomic mass is 16.8. The maximum absolute atomic E-state index is 8.15. The Kier molecular flexibility index (Phi) is 4.62. The molecule has 8 heteroatoms. The van der Waals surface area contributed by atoms with E-state index in [1.807, 2.05) is 13.8 Å². The van der Waals surface area contributed by atoms with Crippen molar-refractivity contribution in [3.8, 4) is 0 Å². The molecule has 0 amide bonds. The van der Waals surface area contributed by atoms with Crippen LogP contribution in [-0.4, -0.2) is 56.5 Å². The Labute approximate surface area is 111 Å². The number of nitrogens with two attached hydrogens (primary N) is 1. The fraction of sp³-hybridized carbons (Fsp3) is 1.00. The normalized spacial score (nSPS) is 36.6. The van der Waals surface area contributed by atoms with Crippen molar-refractivity contribution in [1.82, 2.24) is 0 Å². The summed E-state index contributed by atoms with van der Waals surface area (Å²) in [4.78, 5) is 2.65. The van der Waals surface area contributed by atoms with Gasteiger partial charge in [0.25, 0.3) is 0 Å². The maximum Gasteiger partial charge on any atom is 0.163 e. The van der Waals surface area contributed by atoms with Gasteiger partial charge in [-0.25, -0.2) is 0 Å². The lowest BCUT2D eigenvalue weighted by atomic mass is 9.99. The van der Waals surface area contributed by atoms with E-state index in [0.29, 0.717) is 26.4 Å². The third-order valence-corrected chi connectivity index (χ3v) is 3.14. The summed E-state index contributed by atoms with van der Waals surface area (Å²) in [6, 6.07) is -0.189. The molecule has 2 aliphatic heterocycles. The van der Waals surface area contributed by atoms with E-state index in [9.17, 15) is 0 Å². The van der Waals surface area contributed by atoms with Crippen LogP contribution in [0.3, 0.4) is 0 Å². The number of hydrogen-bond donors (Lipinski definition) is 1. The Morgan fingerprint density at radius 3 is 2.89 bits per heavy atom. The second-order valence-electron chi connectivity index (χ2n) is 5.13. The van der Waals surface area contributed by atoms with Gasteiger partial charge in [-0.1, -0.05) is 5.11 Å². The summed E-state index contributed by atoms with van der Waals surface area (Å²) < 4.78 is 22.7. The summed E-state index contributed by atoms with van der Waals surface area (Å²) in [5.74, 6) is -0.649. The molecule has 0 aliphatic carbocycles. The third kappa shape index (κ3) is 3.56. The van der Waals surface area contributed by atoms with E-state index in [-0.39, 0.29) is 24.4 Å². The number of fused-ring (bicyclic) bond motifs is 1. The SMILES string of the molecule is CC1(C)O[C@@H]2[C@H](O1)[C@H](N)CO[C@@H]2COCCN=[N+]=[N-]. The molecule has 0 unspecified atom stereocenters. The first kappa shape index (κ1) is 14.5. The molecule has 0 aromatic carbocycles. The molecule has 0 saturated carbocycles. The van der Waals surface area contributed by atoms with Crippen molar-refractivity contribution >= 4 is 0 Å². The molecule has 19 heavy (non-hydrogen) atoms. The predicted octanol–water partition coefficient (Wildman–Crippen LogP) is 0.559. The molecule has 0 spiro atoms. The van der Waals surface area contributed by atoms with Gasteiger partial charge in [0.15, 0.2) is 5.79 Å². The zero-order valence-corrected chi connectivity index (χ0v) is 11.2. The van der Waals surface area contributed by atoms with Crippen LogP contribution in [-0.2, 0) is 18.9 Å². The Hall–Kier alpha value is -0.890. The second kappa shape index (κ2) is 6.04. The van der Waals surface area contributed by atoms with Crippen molar-refractivity contribution < 1.29 is 18.9 Å². The smallest absolute Gasteiger partial charge is 0.163 e. The number of azide groups is 1. The minimum absolute atomic E-state index is 0.172. The van der Waals surface area contributed by atoms with Gasteiger partial charge in [0.1, 0.15) is 18.3 Å². The lowest BCUT2D eigenvalue weighted by Gasteiger charge is -2.35. The van der Waals surface area contributed by atoms with Crippen LogP contribution in [0.4, 0.5) is 0 Å². The average molecular weight is 272 g/mol. The Morgan fingerprint density at radius 2 is 2.16 bits per heavy atom. The molecular formula is C11H20N4O4. The van der Waals surface area contributed by atoms with Gasteiger partial charge < -0.3 is 24.7 Å². The minimum atomic E-state index is -0.649. The van der Waals surface area contributed by atoms with E-state index in [4.69, 9.17) is 30.2 Å². The highest BCUT2D eigenvalue weighted by Gasteiger charge is 2.50. The molecule has 2 N–H and O–H groups in total. The minimum Gasteiger partial charge on any atom is -0.379 e. The third-order valence-electron chi connectivity index (χ3n) is 3.14. The maximum atomic E-state index is 8.15. The van der Waals surface area contributed by atoms with Crippen molar-refractivity contribution in [3.05, 3.63) is 10.4 Å². The van der Waals surface area contributed by atoms with Crippen LogP contribution in [0.15, 0.2) is 5.11 Å². The largest absolute Gasteiger partial charge is 0.379 e. The van der Waals surface area contributed by atoms with Crippen LogP contribution < -0.4 is 5.73 Å². The van der Waals surface area contributed by atoms with Gasteiger partial charge in [-0.2, -0.15) is 0 Å². The number of hydrogen-bond acceptors (Lipinski definition) is 6. The lowest BCUT2D eigenvalue weighted by molar-refractivity contribution is -0.159. The summed E-state index contributed by atoms with van der Waals surface area (Å²) in [5, 5.41) is 3.39. The van der Waals surface area contributed by atoms with Gasteiger partial charge >= 0.3 is 0 Å². The summed E-state index contributed by atoms with van der Waals surface area (Å²) >= 11 is 0. The van der Waals surface area contributed by atoms with Crippen LogP contribution >= 0.6 is 0 Å². The molecule has 2 saturated heterocycles. The van der Waals surface area contributed by atoms with Crippen molar-refractivity contribution in [2.24, 2.45) is 10.8 Å². The molecular weight excluding hydrogens is 252 g/mol. The van der Waals surface area contributed by atoms with Crippen molar-refractivity contribution in [3.63, 3.8) is 0 Å². The van der Waals surface area contributed by atoms with Crippen LogP contribution in [0, 0.1) is 0 Å². The average Bonchev–Trinajstić information content (AvgIpc) is 2.68. The summed E-state index contributed by atoms with van der Waals surface area (Å²) in [5.41, 5.74) is 14.1. The van der Waals surface area contributed by atoms with Crippen molar-refractivity contribution in [2.45, 2.75) is 44.0 Å². The molecule has 0 aromatic heterocycles. The van der Waals surface area contributed by atoms with Gasteiger partial charge in [0, 0.05) is 11.5 Å². The fourth-order valence-electron chi connectivity index (χ4n) is 2.35. The molecule has 2 rings (SSSR count). The topological polar surface area (TPSA) is 112 Å². The molecule has 0 radical (unpaired) electrons. The zero-order chi connectivity index (χ0) is 13.9. The van der Waals surface area contributed by atoms with Crippen molar-refractivity contribution in [2.75, 3.05) is 26.4 Å². The van der Waals surface area contributed by atoms with Crippen molar-refractivity contribution in [1.29, 1.82) is 0 Å². The molecule has 0 aromatic rings. The van der Waals surface area contributed by atoms with E-state index < -0.39 is 5.79 Å².